The van der Waals surface area contributed by atoms with Crippen LogP contribution in [0.5, 0.6) is 0 Å². The molecule has 1 fully saturated rings. The molecule has 2 nitrogen and oxygen atoms in total. The maximum Gasteiger partial charge on any atom is 0.0837 e. The minimum atomic E-state index is 0.285. The molecule has 0 bridgehead atoms. The van der Waals surface area contributed by atoms with Crippen LogP contribution in [0.25, 0.3) is 0 Å². The van der Waals surface area contributed by atoms with Gasteiger partial charge in [0.1, 0.15) is 0 Å². The Labute approximate surface area is 75.2 Å². The molecule has 1 aliphatic rings. The van der Waals surface area contributed by atoms with Gasteiger partial charge in [0.25, 0.3) is 0 Å². The summed E-state index contributed by atoms with van der Waals surface area (Å²) in [5, 5.41) is 0. The molecule has 1 saturated heterocycles. The third-order valence-electron chi connectivity index (χ3n) is 2.65. The van der Waals surface area contributed by atoms with E-state index in [0.717, 1.165) is 25.6 Å². The minimum Gasteiger partial charge on any atom is -0.373 e. The fourth-order valence-corrected chi connectivity index (χ4v) is 1.50. The largest absolute Gasteiger partial charge is 0.373 e. The van der Waals surface area contributed by atoms with Crippen LogP contribution in [-0.2, 0) is 9.47 Å². The molecule has 0 aromatic rings. The molecule has 0 radical (unpaired) electrons. The SMILES string of the molecule is CCC(C)CC1OCCOC1C. The summed E-state index contributed by atoms with van der Waals surface area (Å²) in [6.07, 6.45) is 2.98. The Hall–Kier alpha value is -0.0800. The monoisotopic (exact) mass is 172 g/mol. The molecule has 0 aromatic carbocycles. The summed E-state index contributed by atoms with van der Waals surface area (Å²) in [7, 11) is 0. The molecule has 0 aromatic heterocycles. The zero-order valence-electron chi connectivity index (χ0n) is 8.38. The van der Waals surface area contributed by atoms with Gasteiger partial charge in [-0.15, -0.1) is 0 Å². The molecule has 1 aliphatic heterocycles. The first-order valence-electron chi connectivity index (χ1n) is 4.97. The van der Waals surface area contributed by atoms with E-state index in [1.54, 1.807) is 0 Å². The molecule has 0 N–H and O–H groups in total. The van der Waals surface area contributed by atoms with Crippen molar-refractivity contribution >= 4 is 0 Å². The van der Waals surface area contributed by atoms with E-state index in [4.69, 9.17) is 9.47 Å². The van der Waals surface area contributed by atoms with Crippen molar-refractivity contribution in [3.8, 4) is 0 Å². The van der Waals surface area contributed by atoms with Crippen molar-refractivity contribution in [3.63, 3.8) is 0 Å². The lowest BCUT2D eigenvalue weighted by molar-refractivity contribution is -0.138. The third kappa shape index (κ3) is 2.76. The molecule has 0 saturated carbocycles. The van der Waals surface area contributed by atoms with Crippen molar-refractivity contribution in [2.45, 2.75) is 45.8 Å². The van der Waals surface area contributed by atoms with E-state index in [9.17, 15) is 0 Å². The second kappa shape index (κ2) is 4.83. The van der Waals surface area contributed by atoms with Gasteiger partial charge in [-0.25, -0.2) is 0 Å². The predicted octanol–water partition coefficient (Wildman–Crippen LogP) is 2.23. The van der Waals surface area contributed by atoms with Gasteiger partial charge in [0.15, 0.2) is 0 Å². The number of hydrogen-bond donors (Lipinski definition) is 0. The second-order valence-corrected chi connectivity index (χ2v) is 3.73. The highest BCUT2D eigenvalue weighted by molar-refractivity contribution is 4.72. The molecular formula is C10H20O2. The van der Waals surface area contributed by atoms with Crippen molar-refractivity contribution in [1.82, 2.24) is 0 Å². The Morgan fingerprint density at radius 1 is 1.33 bits per heavy atom. The van der Waals surface area contributed by atoms with Crippen molar-refractivity contribution in [1.29, 1.82) is 0 Å². The Kier molecular flexibility index (Phi) is 4.02. The lowest BCUT2D eigenvalue weighted by atomic mass is 9.98. The van der Waals surface area contributed by atoms with Gasteiger partial charge in [0.05, 0.1) is 25.4 Å². The van der Waals surface area contributed by atoms with Crippen LogP contribution in [0.4, 0.5) is 0 Å². The summed E-state index contributed by atoms with van der Waals surface area (Å²) in [5.74, 6) is 0.749. The van der Waals surface area contributed by atoms with Crippen LogP contribution in [0.15, 0.2) is 0 Å². The van der Waals surface area contributed by atoms with Crippen LogP contribution < -0.4 is 0 Å². The average molecular weight is 172 g/mol. The van der Waals surface area contributed by atoms with Crippen LogP contribution in [0.1, 0.15) is 33.6 Å². The average Bonchev–Trinajstić information content (AvgIpc) is 2.09. The van der Waals surface area contributed by atoms with E-state index in [1.165, 1.54) is 6.42 Å². The molecule has 1 heterocycles. The maximum atomic E-state index is 5.64. The van der Waals surface area contributed by atoms with Crippen LogP contribution in [-0.4, -0.2) is 25.4 Å². The first-order chi connectivity index (χ1) is 5.74. The summed E-state index contributed by atoms with van der Waals surface area (Å²) in [6.45, 7) is 8.12. The van der Waals surface area contributed by atoms with Gasteiger partial charge in [-0.1, -0.05) is 20.3 Å². The summed E-state index contributed by atoms with van der Waals surface area (Å²) < 4.78 is 11.1. The van der Waals surface area contributed by atoms with Gasteiger partial charge in [0, 0.05) is 0 Å². The van der Waals surface area contributed by atoms with Crippen LogP contribution in [0.3, 0.4) is 0 Å². The normalized spacial score (nSPS) is 33.2. The van der Waals surface area contributed by atoms with Crippen LogP contribution in [0.2, 0.25) is 0 Å². The van der Waals surface area contributed by atoms with Crippen molar-refractivity contribution in [2.75, 3.05) is 13.2 Å². The molecule has 0 spiro atoms. The Morgan fingerprint density at radius 3 is 2.58 bits per heavy atom. The number of ether oxygens (including phenoxy) is 2. The van der Waals surface area contributed by atoms with E-state index in [1.807, 2.05) is 0 Å². The highest BCUT2D eigenvalue weighted by Gasteiger charge is 2.23. The number of hydrogen-bond acceptors (Lipinski definition) is 2. The van der Waals surface area contributed by atoms with Gasteiger partial charge in [-0.05, 0) is 19.3 Å². The lowest BCUT2D eigenvalue weighted by Crippen LogP contribution is -2.37. The van der Waals surface area contributed by atoms with E-state index in [0.29, 0.717) is 6.10 Å². The van der Waals surface area contributed by atoms with Gasteiger partial charge < -0.3 is 9.47 Å². The molecular weight excluding hydrogens is 152 g/mol. The van der Waals surface area contributed by atoms with Gasteiger partial charge in [0.2, 0.25) is 0 Å². The first kappa shape index (κ1) is 10.0. The zero-order chi connectivity index (χ0) is 8.97. The van der Waals surface area contributed by atoms with Gasteiger partial charge in [-0.3, -0.25) is 0 Å². The Morgan fingerprint density at radius 2 is 2.00 bits per heavy atom. The summed E-state index contributed by atoms with van der Waals surface area (Å²) in [4.78, 5) is 0. The lowest BCUT2D eigenvalue weighted by Gasteiger charge is -2.31. The summed E-state index contributed by atoms with van der Waals surface area (Å²) in [6, 6.07) is 0. The van der Waals surface area contributed by atoms with E-state index in [2.05, 4.69) is 20.8 Å². The molecule has 3 atom stereocenters. The predicted molar refractivity (Wildman–Crippen MR) is 49.2 cm³/mol. The second-order valence-electron chi connectivity index (χ2n) is 3.73. The molecule has 0 aliphatic carbocycles. The molecule has 1 rings (SSSR count). The molecule has 2 heteroatoms. The number of rotatable bonds is 3. The van der Waals surface area contributed by atoms with E-state index in [-0.39, 0.29) is 6.10 Å². The summed E-state index contributed by atoms with van der Waals surface area (Å²) >= 11 is 0. The third-order valence-corrected chi connectivity index (χ3v) is 2.65. The quantitative estimate of drug-likeness (QED) is 0.650. The van der Waals surface area contributed by atoms with Crippen molar-refractivity contribution in [3.05, 3.63) is 0 Å². The zero-order valence-corrected chi connectivity index (χ0v) is 8.38. The van der Waals surface area contributed by atoms with Gasteiger partial charge in [-0.2, -0.15) is 0 Å². The minimum absolute atomic E-state index is 0.285. The molecule has 3 unspecified atom stereocenters. The first-order valence-corrected chi connectivity index (χ1v) is 4.97. The fourth-order valence-electron chi connectivity index (χ4n) is 1.50. The highest BCUT2D eigenvalue weighted by atomic mass is 16.6. The molecule has 0 amide bonds. The Balaban J connectivity index is 2.28. The van der Waals surface area contributed by atoms with Crippen LogP contribution in [0, 0.1) is 5.92 Å². The fraction of sp³-hybridized carbons (Fsp3) is 1.00. The Bertz CT molecular complexity index is 125. The summed E-state index contributed by atoms with van der Waals surface area (Å²) in [5.41, 5.74) is 0. The molecule has 12 heavy (non-hydrogen) atoms. The maximum absolute atomic E-state index is 5.64. The standard InChI is InChI=1S/C10H20O2/c1-4-8(2)7-10-9(3)11-5-6-12-10/h8-10H,4-7H2,1-3H3. The van der Waals surface area contributed by atoms with E-state index < -0.39 is 0 Å². The highest BCUT2D eigenvalue weighted by Crippen LogP contribution is 2.19. The van der Waals surface area contributed by atoms with Crippen molar-refractivity contribution in [2.24, 2.45) is 5.92 Å². The van der Waals surface area contributed by atoms with Crippen molar-refractivity contribution < 1.29 is 9.47 Å². The molecule has 72 valence electrons. The van der Waals surface area contributed by atoms with Crippen LogP contribution >= 0.6 is 0 Å². The van der Waals surface area contributed by atoms with Gasteiger partial charge >= 0.3 is 0 Å². The smallest absolute Gasteiger partial charge is 0.0837 e. The topological polar surface area (TPSA) is 18.5 Å². The van der Waals surface area contributed by atoms with E-state index >= 15 is 0 Å².